The Labute approximate surface area is 111 Å². The normalized spacial score (nSPS) is 11.4. The number of ether oxygens (including phenoxy) is 1. The summed E-state index contributed by atoms with van der Waals surface area (Å²) in [5.41, 5.74) is 1.12. The van der Waals surface area contributed by atoms with Gasteiger partial charge in [0.1, 0.15) is 0 Å². The first-order valence-corrected chi connectivity index (χ1v) is 8.18. The van der Waals surface area contributed by atoms with E-state index in [0.717, 1.165) is 5.56 Å². The van der Waals surface area contributed by atoms with Gasteiger partial charge < -0.3 is 4.74 Å². The van der Waals surface area contributed by atoms with Crippen molar-refractivity contribution in [3.05, 3.63) is 22.4 Å². The van der Waals surface area contributed by atoms with Crippen LogP contribution in [0.5, 0.6) is 0 Å². The van der Waals surface area contributed by atoms with Gasteiger partial charge in [0.25, 0.3) is 0 Å². The van der Waals surface area contributed by atoms with E-state index < -0.39 is 10.0 Å². The van der Waals surface area contributed by atoms with Crippen LogP contribution in [0.1, 0.15) is 18.4 Å². The van der Waals surface area contributed by atoms with E-state index in [1.165, 1.54) is 7.11 Å². The smallest absolute Gasteiger partial charge is 0.305 e. The highest BCUT2D eigenvalue weighted by molar-refractivity contribution is 7.89. The Hall–Kier alpha value is -0.920. The fourth-order valence-corrected chi connectivity index (χ4v) is 3.15. The maximum Gasteiger partial charge on any atom is 0.305 e. The number of hydrogen-bond acceptors (Lipinski definition) is 5. The van der Waals surface area contributed by atoms with Gasteiger partial charge in [0, 0.05) is 13.0 Å². The van der Waals surface area contributed by atoms with E-state index in [4.69, 9.17) is 0 Å². The molecule has 1 rings (SSSR count). The SMILES string of the molecule is COC(=O)CCCS(=O)(=O)NCCc1ccsc1. The van der Waals surface area contributed by atoms with Crippen molar-refractivity contribution in [2.45, 2.75) is 19.3 Å². The molecule has 0 unspecified atom stereocenters. The Morgan fingerprint density at radius 1 is 1.50 bits per heavy atom. The highest BCUT2D eigenvalue weighted by Crippen LogP contribution is 2.06. The van der Waals surface area contributed by atoms with Gasteiger partial charge in [0.05, 0.1) is 12.9 Å². The van der Waals surface area contributed by atoms with Gasteiger partial charge in [-0.1, -0.05) is 0 Å². The minimum Gasteiger partial charge on any atom is -0.469 e. The first kappa shape index (κ1) is 15.1. The highest BCUT2D eigenvalue weighted by Gasteiger charge is 2.11. The Bertz CT molecular complexity index is 453. The monoisotopic (exact) mass is 291 g/mol. The molecule has 5 nitrogen and oxygen atoms in total. The third kappa shape index (κ3) is 6.13. The van der Waals surface area contributed by atoms with Crippen molar-refractivity contribution in [1.29, 1.82) is 0 Å². The minimum absolute atomic E-state index is 0.0499. The van der Waals surface area contributed by atoms with Crippen LogP contribution in [0.15, 0.2) is 16.8 Å². The predicted molar refractivity (Wildman–Crippen MR) is 71.1 cm³/mol. The molecule has 7 heteroatoms. The zero-order chi connectivity index (χ0) is 13.4. The number of thiophene rings is 1. The molecule has 0 amide bonds. The van der Waals surface area contributed by atoms with Crippen molar-refractivity contribution >= 4 is 27.3 Å². The standard InChI is InChI=1S/C11H17NO4S2/c1-16-11(13)3-2-8-18(14,15)12-6-4-10-5-7-17-9-10/h5,7,9,12H,2-4,6,8H2,1H3. The Morgan fingerprint density at radius 2 is 2.28 bits per heavy atom. The largest absolute Gasteiger partial charge is 0.469 e. The summed E-state index contributed by atoms with van der Waals surface area (Å²) in [6.07, 6.45) is 1.09. The van der Waals surface area contributed by atoms with E-state index in [1.807, 2.05) is 16.8 Å². The number of rotatable bonds is 8. The second-order valence-electron chi connectivity index (χ2n) is 3.77. The van der Waals surface area contributed by atoms with Gasteiger partial charge in [-0.2, -0.15) is 11.3 Å². The first-order chi connectivity index (χ1) is 8.53. The van der Waals surface area contributed by atoms with Gasteiger partial charge in [0.15, 0.2) is 0 Å². The van der Waals surface area contributed by atoms with Crippen molar-refractivity contribution in [2.24, 2.45) is 0 Å². The first-order valence-electron chi connectivity index (χ1n) is 5.59. The van der Waals surface area contributed by atoms with Crippen molar-refractivity contribution in [3.63, 3.8) is 0 Å². The van der Waals surface area contributed by atoms with Crippen LogP contribution < -0.4 is 4.72 Å². The van der Waals surface area contributed by atoms with Crippen molar-refractivity contribution in [2.75, 3.05) is 19.4 Å². The summed E-state index contributed by atoms with van der Waals surface area (Å²) in [6, 6.07) is 1.97. The molecule has 18 heavy (non-hydrogen) atoms. The fourth-order valence-electron chi connectivity index (χ4n) is 1.37. The second-order valence-corrected chi connectivity index (χ2v) is 6.48. The summed E-state index contributed by atoms with van der Waals surface area (Å²) in [5.74, 6) is -0.436. The van der Waals surface area contributed by atoms with Crippen LogP contribution in [0.2, 0.25) is 0 Å². The van der Waals surface area contributed by atoms with Gasteiger partial charge in [0.2, 0.25) is 10.0 Å². The summed E-state index contributed by atoms with van der Waals surface area (Å²) in [5, 5.41) is 3.95. The Kier molecular flexibility index (Phi) is 6.31. The van der Waals surface area contributed by atoms with Crippen molar-refractivity contribution in [1.82, 2.24) is 4.72 Å². The van der Waals surface area contributed by atoms with Crippen molar-refractivity contribution < 1.29 is 17.9 Å². The molecule has 102 valence electrons. The molecule has 0 aliphatic carbocycles. The third-order valence-corrected chi connectivity index (χ3v) is 4.54. The van der Waals surface area contributed by atoms with Crippen LogP contribution in [-0.4, -0.2) is 33.8 Å². The number of sulfonamides is 1. The molecule has 1 aromatic rings. The molecule has 0 spiro atoms. The summed E-state index contributed by atoms with van der Waals surface area (Å²) in [7, 11) is -2.01. The van der Waals surface area contributed by atoms with Crippen LogP contribution in [-0.2, 0) is 26.0 Å². The lowest BCUT2D eigenvalue weighted by Crippen LogP contribution is -2.28. The summed E-state index contributed by atoms with van der Waals surface area (Å²) in [4.78, 5) is 10.8. The lowest BCUT2D eigenvalue weighted by Gasteiger charge is -2.05. The molecule has 1 heterocycles. The van der Waals surface area contributed by atoms with Crippen LogP contribution in [0.3, 0.4) is 0 Å². The van der Waals surface area contributed by atoms with E-state index in [9.17, 15) is 13.2 Å². The van der Waals surface area contributed by atoms with E-state index in [-0.39, 0.29) is 24.6 Å². The number of carbonyl (C=O) groups is 1. The lowest BCUT2D eigenvalue weighted by atomic mass is 10.2. The Balaban J connectivity index is 2.21. The molecule has 0 saturated heterocycles. The summed E-state index contributed by atoms with van der Waals surface area (Å²) >= 11 is 1.59. The number of hydrogen-bond donors (Lipinski definition) is 1. The molecule has 1 aromatic heterocycles. The van der Waals surface area contributed by atoms with Gasteiger partial charge in [-0.05, 0) is 35.2 Å². The molecule has 0 radical (unpaired) electrons. The van der Waals surface area contributed by atoms with Gasteiger partial charge in [-0.25, -0.2) is 13.1 Å². The molecule has 0 saturated carbocycles. The fraction of sp³-hybridized carbons (Fsp3) is 0.545. The molecule has 1 N–H and O–H groups in total. The number of nitrogens with one attached hydrogen (secondary N) is 1. The molecular weight excluding hydrogens is 274 g/mol. The maximum absolute atomic E-state index is 11.6. The quantitative estimate of drug-likeness (QED) is 0.730. The predicted octanol–water partition coefficient (Wildman–Crippen LogP) is 1.16. The van der Waals surface area contributed by atoms with Gasteiger partial charge >= 0.3 is 5.97 Å². The third-order valence-electron chi connectivity index (χ3n) is 2.34. The number of esters is 1. The Morgan fingerprint density at radius 3 is 2.89 bits per heavy atom. The molecule has 0 aliphatic rings. The van der Waals surface area contributed by atoms with E-state index in [1.54, 1.807) is 11.3 Å². The van der Waals surface area contributed by atoms with Crippen LogP contribution in [0.4, 0.5) is 0 Å². The minimum atomic E-state index is -3.29. The van der Waals surface area contributed by atoms with E-state index in [2.05, 4.69) is 9.46 Å². The van der Waals surface area contributed by atoms with Crippen LogP contribution >= 0.6 is 11.3 Å². The second kappa shape index (κ2) is 7.50. The molecule has 0 atom stereocenters. The van der Waals surface area contributed by atoms with Gasteiger partial charge in [-0.15, -0.1) is 0 Å². The molecule has 0 fully saturated rings. The average molecular weight is 291 g/mol. The number of methoxy groups -OCH3 is 1. The lowest BCUT2D eigenvalue weighted by molar-refractivity contribution is -0.140. The number of carbonyl (C=O) groups excluding carboxylic acids is 1. The van der Waals surface area contributed by atoms with Crippen molar-refractivity contribution in [3.8, 4) is 0 Å². The van der Waals surface area contributed by atoms with E-state index >= 15 is 0 Å². The highest BCUT2D eigenvalue weighted by atomic mass is 32.2. The van der Waals surface area contributed by atoms with E-state index in [0.29, 0.717) is 13.0 Å². The summed E-state index contributed by atoms with van der Waals surface area (Å²) in [6.45, 7) is 0.386. The molecule has 0 aliphatic heterocycles. The average Bonchev–Trinajstić information content (AvgIpc) is 2.81. The summed E-state index contributed by atoms with van der Waals surface area (Å²) < 4.78 is 30.1. The molecular formula is C11H17NO4S2. The topological polar surface area (TPSA) is 72.5 Å². The molecule has 0 aromatic carbocycles. The van der Waals surface area contributed by atoms with Crippen LogP contribution in [0, 0.1) is 0 Å². The zero-order valence-electron chi connectivity index (χ0n) is 10.2. The zero-order valence-corrected chi connectivity index (χ0v) is 11.9. The van der Waals surface area contributed by atoms with Gasteiger partial charge in [-0.3, -0.25) is 4.79 Å². The molecule has 0 bridgehead atoms. The maximum atomic E-state index is 11.6. The van der Waals surface area contributed by atoms with Crippen LogP contribution in [0.25, 0.3) is 0 Å².